The van der Waals surface area contributed by atoms with Crippen LogP contribution in [0, 0.1) is 46.3 Å². The van der Waals surface area contributed by atoms with Crippen LogP contribution < -0.4 is 0 Å². The molecule has 0 aromatic carbocycles. The highest BCUT2D eigenvalue weighted by Gasteiger charge is 2.59. The minimum Gasteiger partial charge on any atom is -0.462 e. The Hall–Kier alpha value is -1.31. The van der Waals surface area contributed by atoms with Crippen LogP contribution >= 0.6 is 0 Å². The highest BCUT2D eigenvalue weighted by Crippen LogP contribution is 2.67. The highest BCUT2D eigenvalue weighted by molar-refractivity contribution is 5.69. The molecule has 3 saturated carbocycles. The summed E-state index contributed by atoms with van der Waals surface area (Å²) in [4.78, 5) is 12.8. The van der Waals surface area contributed by atoms with Crippen molar-refractivity contribution in [3.05, 3.63) is 36.0 Å². The lowest BCUT2D eigenvalue weighted by atomic mass is 9.47. The molecule has 4 aliphatic carbocycles. The Morgan fingerprint density at radius 1 is 0.830 bits per heavy atom. The molecule has 0 N–H and O–H groups in total. The van der Waals surface area contributed by atoms with Gasteiger partial charge < -0.3 is 4.74 Å². The van der Waals surface area contributed by atoms with Gasteiger partial charge in [0.25, 0.3) is 0 Å². The van der Waals surface area contributed by atoms with Gasteiger partial charge >= 0.3 is 5.97 Å². The number of ether oxygens (including phenoxy) is 1. The predicted octanol–water partition coefficient (Wildman–Crippen LogP) is 13.8. The van der Waals surface area contributed by atoms with E-state index < -0.39 is 0 Å². The predicted molar refractivity (Wildman–Crippen MR) is 202 cm³/mol. The molecule has 0 aromatic rings. The van der Waals surface area contributed by atoms with Gasteiger partial charge in [0.05, 0.1) is 0 Å². The lowest BCUT2D eigenvalue weighted by Gasteiger charge is -2.58. The van der Waals surface area contributed by atoms with E-state index in [1.807, 2.05) is 0 Å². The molecule has 0 saturated heterocycles. The first kappa shape index (κ1) is 38.5. The number of allylic oxidation sites excluding steroid dienone is 5. The fourth-order valence-electron chi connectivity index (χ4n) is 11.1. The summed E-state index contributed by atoms with van der Waals surface area (Å²) >= 11 is 0. The van der Waals surface area contributed by atoms with E-state index in [1.54, 1.807) is 5.57 Å². The van der Waals surface area contributed by atoms with Crippen LogP contribution in [-0.2, 0) is 9.53 Å². The molecular formula is C45H76O2. The zero-order chi connectivity index (χ0) is 33.7. The first-order valence-electron chi connectivity index (χ1n) is 20.9. The lowest BCUT2D eigenvalue weighted by molar-refractivity contribution is -0.151. The summed E-state index contributed by atoms with van der Waals surface area (Å²) in [6.45, 7) is 14.9. The summed E-state index contributed by atoms with van der Waals surface area (Å²) in [5.74, 6) is 5.30. The van der Waals surface area contributed by atoms with Crippen molar-refractivity contribution in [1.29, 1.82) is 0 Å². The third-order valence-corrected chi connectivity index (χ3v) is 13.9. The van der Waals surface area contributed by atoms with Crippen molar-refractivity contribution in [2.24, 2.45) is 46.3 Å². The molecule has 268 valence electrons. The average Bonchev–Trinajstić information content (AvgIpc) is 3.40. The van der Waals surface area contributed by atoms with Gasteiger partial charge in [0.2, 0.25) is 0 Å². The molecule has 4 unspecified atom stereocenters. The molecule has 8 atom stereocenters. The van der Waals surface area contributed by atoms with Gasteiger partial charge in [-0.2, -0.15) is 0 Å². The highest BCUT2D eigenvalue weighted by atomic mass is 16.5. The van der Waals surface area contributed by atoms with Crippen molar-refractivity contribution in [3.63, 3.8) is 0 Å². The molecule has 3 fully saturated rings. The maximum Gasteiger partial charge on any atom is 0.306 e. The molecular weight excluding hydrogens is 572 g/mol. The Morgan fingerprint density at radius 2 is 1.55 bits per heavy atom. The van der Waals surface area contributed by atoms with Crippen LogP contribution in [0.4, 0.5) is 0 Å². The molecule has 0 bridgehead atoms. The number of hydrogen-bond donors (Lipinski definition) is 0. The fourth-order valence-corrected chi connectivity index (χ4v) is 11.1. The zero-order valence-corrected chi connectivity index (χ0v) is 32.0. The second-order valence-electron chi connectivity index (χ2n) is 17.6. The maximum atomic E-state index is 12.8. The number of unbranched alkanes of at least 4 members (excludes halogenated alkanes) is 8. The third kappa shape index (κ3) is 10.6. The van der Waals surface area contributed by atoms with Crippen LogP contribution in [0.2, 0.25) is 0 Å². The molecule has 2 nitrogen and oxygen atoms in total. The molecule has 0 aliphatic heterocycles. The van der Waals surface area contributed by atoms with E-state index in [-0.39, 0.29) is 12.1 Å². The van der Waals surface area contributed by atoms with Crippen molar-refractivity contribution in [2.75, 3.05) is 0 Å². The largest absolute Gasteiger partial charge is 0.462 e. The van der Waals surface area contributed by atoms with Gasteiger partial charge in [0, 0.05) is 12.8 Å². The van der Waals surface area contributed by atoms with E-state index in [0.29, 0.717) is 17.3 Å². The minimum atomic E-state index is 0.0477. The van der Waals surface area contributed by atoms with Gasteiger partial charge in [-0.3, -0.25) is 4.79 Å². The van der Waals surface area contributed by atoms with E-state index in [1.165, 1.54) is 109 Å². The Balaban J connectivity index is 1.13. The second kappa shape index (κ2) is 19.2. The van der Waals surface area contributed by atoms with Gasteiger partial charge in [-0.15, -0.1) is 0 Å². The van der Waals surface area contributed by atoms with Crippen LogP contribution in [0.5, 0.6) is 0 Å². The number of carbonyl (C=O) groups is 1. The molecule has 0 heterocycles. The summed E-state index contributed by atoms with van der Waals surface area (Å²) in [5, 5.41) is 0. The standard InChI is InChI=1S/C45H76O2/c1-7-8-9-10-11-12-13-14-15-16-17-18-19-20-21-25-43(46)47-38-30-32-44(5)37(34-38)26-27-39-41-29-28-40(36(4)24-22-23-35(2)3)45(41,6)33-31-42(39)44/h11-12,14-15,26,35-36,38-42H,7-10,13,16-25,27-34H2,1-6H3/b12-11-,15-14-/t36?,38-,39?,40+,41?,42?,44-,45+/m0/s1. The monoisotopic (exact) mass is 649 g/mol. The van der Waals surface area contributed by atoms with E-state index in [4.69, 9.17) is 4.74 Å². The SMILES string of the molecule is CCCCC/C=C\C/C=C\CCCCCCCC(=O)O[C@H]1CC[C@@]2(C)C(=CCC3C2CC[C@@]2(C)C3CC[C@@H]2C(C)CCCC(C)C)C1. The summed E-state index contributed by atoms with van der Waals surface area (Å²) in [5.41, 5.74) is 2.52. The number of hydrogen-bond acceptors (Lipinski definition) is 2. The van der Waals surface area contributed by atoms with Crippen molar-refractivity contribution < 1.29 is 9.53 Å². The molecule has 4 aliphatic rings. The first-order valence-corrected chi connectivity index (χ1v) is 20.9. The quantitative estimate of drug-likeness (QED) is 0.0746. The zero-order valence-electron chi connectivity index (χ0n) is 32.0. The van der Waals surface area contributed by atoms with E-state index >= 15 is 0 Å². The smallest absolute Gasteiger partial charge is 0.306 e. The van der Waals surface area contributed by atoms with Crippen LogP contribution in [0.15, 0.2) is 36.0 Å². The van der Waals surface area contributed by atoms with E-state index in [9.17, 15) is 4.79 Å². The van der Waals surface area contributed by atoms with Crippen LogP contribution in [0.25, 0.3) is 0 Å². The van der Waals surface area contributed by atoms with E-state index in [2.05, 4.69) is 71.9 Å². The number of carbonyl (C=O) groups excluding carboxylic acids is 1. The number of esters is 1. The Bertz CT molecular complexity index is 1020. The normalized spacial score (nSPS) is 32.7. The second-order valence-corrected chi connectivity index (χ2v) is 17.6. The summed E-state index contributed by atoms with van der Waals surface area (Å²) in [6, 6.07) is 0. The first-order chi connectivity index (χ1) is 22.7. The summed E-state index contributed by atoms with van der Waals surface area (Å²) < 4.78 is 6.12. The van der Waals surface area contributed by atoms with Crippen LogP contribution in [-0.4, -0.2) is 12.1 Å². The molecule has 0 spiro atoms. The summed E-state index contributed by atoms with van der Waals surface area (Å²) in [6.07, 6.45) is 40.5. The molecule has 0 radical (unpaired) electrons. The van der Waals surface area contributed by atoms with Gasteiger partial charge in [0.15, 0.2) is 0 Å². The van der Waals surface area contributed by atoms with Gasteiger partial charge in [-0.05, 0) is 130 Å². The van der Waals surface area contributed by atoms with Crippen molar-refractivity contribution >= 4 is 5.97 Å². The molecule has 4 rings (SSSR count). The number of rotatable bonds is 20. The maximum absolute atomic E-state index is 12.8. The average molecular weight is 649 g/mol. The van der Waals surface area contributed by atoms with Crippen LogP contribution in [0.3, 0.4) is 0 Å². The molecule has 47 heavy (non-hydrogen) atoms. The van der Waals surface area contributed by atoms with Gasteiger partial charge in [0.1, 0.15) is 6.10 Å². The van der Waals surface area contributed by atoms with Crippen molar-refractivity contribution in [2.45, 2.75) is 195 Å². The molecule has 0 amide bonds. The lowest BCUT2D eigenvalue weighted by Crippen LogP contribution is -2.51. The Kier molecular flexibility index (Phi) is 15.7. The van der Waals surface area contributed by atoms with Gasteiger partial charge in [-0.1, -0.05) is 129 Å². The van der Waals surface area contributed by atoms with Crippen molar-refractivity contribution in [3.8, 4) is 0 Å². The fraction of sp³-hybridized carbons (Fsp3) is 0.844. The topological polar surface area (TPSA) is 26.3 Å². The Morgan fingerprint density at radius 3 is 2.30 bits per heavy atom. The summed E-state index contributed by atoms with van der Waals surface area (Å²) in [7, 11) is 0. The number of fused-ring (bicyclic) bond motifs is 5. The van der Waals surface area contributed by atoms with Gasteiger partial charge in [-0.25, -0.2) is 0 Å². The molecule has 0 aromatic heterocycles. The van der Waals surface area contributed by atoms with Crippen molar-refractivity contribution in [1.82, 2.24) is 0 Å². The third-order valence-electron chi connectivity index (χ3n) is 13.9. The molecule has 2 heteroatoms. The van der Waals surface area contributed by atoms with E-state index in [0.717, 1.165) is 67.6 Å². The van der Waals surface area contributed by atoms with Crippen LogP contribution in [0.1, 0.15) is 189 Å². The Labute approximate surface area is 292 Å². The minimum absolute atomic E-state index is 0.0477.